The molecular weight excluding hydrogens is 1010 g/mol. The summed E-state index contributed by atoms with van der Waals surface area (Å²) in [5.74, 6) is 1.59. The minimum atomic E-state index is -3.99. The number of nitrogens with zero attached hydrogens (tertiary/aromatic N) is 2. The summed E-state index contributed by atoms with van der Waals surface area (Å²) in [6, 6.07) is 51.8. The van der Waals surface area contributed by atoms with Crippen LogP contribution >= 0.6 is 0 Å². The maximum Gasteiger partial charge on any atom is 0.206 e. The van der Waals surface area contributed by atoms with Crippen LogP contribution in [-0.2, 0) is 27.2 Å². The first-order valence-electron chi connectivity index (χ1n) is 28.7. The molecule has 0 bridgehead atoms. The molecule has 2 heterocycles. The first kappa shape index (κ1) is 56.4. The van der Waals surface area contributed by atoms with Crippen molar-refractivity contribution in [2.45, 2.75) is 122 Å². The molecule has 0 amide bonds. The van der Waals surface area contributed by atoms with Crippen molar-refractivity contribution < 1.29 is 17.9 Å². The standard InChI is InChI=1S/C73H77N3O4S/c1-11-14-35-79-70-43-55(28-25-52-38-51(18-13-3)39-53(40-52)48-74)71(80-36-15-12-2)42-54(70)27-24-50-26-32-67-63(41-50)62-37-49(4)23-31-66(62)75(67)58-19-16-21-60(46-58)81(77,78)61-22-17-20-59(47-61)76-68-33-29-56(72(5,6)7)44-64(68)65-45-57(73(8,9)10)30-34-69(65)76/h13,16-34,37-47H,11-12,14-15,35-36,48,74H2,1-10H3/b18-13+,27-24+,28-25+. The van der Waals surface area contributed by atoms with E-state index in [0.717, 1.165) is 131 Å². The van der Waals surface area contributed by atoms with Crippen LogP contribution < -0.4 is 15.2 Å². The van der Waals surface area contributed by atoms with E-state index in [1.165, 1.54) is 11.1 Å². The number of rotatable bonds is 18. The molecule has 2 N–H and O–H groups in total. The lowest BCUT2D eigenvalue weighted by Gasteiger charge is -2.19. The molecule has 8 aromatic carbocycles. The Hall–Kier alpha value is -7.91. The zero-order valence-electron chi connectivity index (χ0n) is 48.9. The summed E-state index contributed by atoms with van der Waals surface area (Å²) in [6.07, 6.45) is 16.6. The van der Waals surface area contributed by atoms with Gasteiger partial charge in [0.1, 0.15) is 11.5 Å². The molecule has 0 spiro atoms. The molecule has 10 aromatic rings. The smallest absolute Gasteiger partial charge is 0.206 e. The Kier molecular flexibility index (Phi) is 16.2. The van der Waals surface area contributed by atoms with Crippen molar-refractivity contribution in [1.82, 2.24) is 9.13 Å². The van der Waals surface area contributed by atoms with Gasteiger partial charge in [-0.05, 0) is 174 Å². The molecule has 0 atom stereocenters. The Morgan fingerprint density at radius 3 is 1.43 bits per heavy atom. The van der Waals surface area contributed by atoms with E-state index in [2.05, 4.69) is 205 Å². The number of fused-ring (bicyclic) bond motifs is 6. The number of benzene rings is 8. The SMILES string of the molecule is C/C=C/c1cc(/C=C/c2cc(OCCCC)c(/C=C/c3ccc4c(c3)c3cc(C)ccc3n4-c3cccc(S(=O)(=O)c4cccc(-n5c6ccc(C(C)(C)C)cc6c6cc(C(C)(C)C)ccc65)c4)c3)cc2OCCCC)cc(CN)c1. The highest BCUT2D eigenvalue weighted by Crippen LogP contribution is 2.40. The van der Waals surface area contributed by atoms with Gasteiger partial charge in [-0.1, -0.05) is 159 Å². The van der Waals surface area contributed by atoms with E-state index in [9.17, 15) is 0 Å². The quantitative estimate of drug-likeness (QED) is 0.0683. The number of aromatic nitrogens is 2. The number of sulfone groups is 1. The molecule has 7 nitrogen and oxygen atoms in total. The third kappa shape index (κ3) is 11.8. The first-order valence-corrected chi connectivity index (χ1v) is 30.2. The average Bonchev–Trinajstić information content (AvgIpc) is 4.02. The van der Waals surface area contributed by atoms with Crippen LogP contribution in [0.5, 0.6) is 11.5 Å². The van der Waals surface area contributed by atoms with Crippen molar-refractivity contribution in [1.29, 1.82) is 0 Å². The topological polar surface area (TPSA) is 88.5 Å². The van der Waals surface area contributed by atoms with E-state index in [0.29, 0.717) is 19.8 Å². The highest BCUT2D eigenvalue weighted by atomic mass is 32.2. The number of hydrogen-bond acceptors (Lipinski definition) is 5. The summed E-state index contributed by atoms with van der Waals surface area (Å²) in [6.45, 7) is 23.6. The van der Waals surface area contributed by atoms with E-state index in [1.54, 1.807) is 12.1 Å². The number of nitrogens with two attached hydrogens (primary N) is 1. The lowest BCUT2D eigenvalue weighted by Crippen LogP contribution is -2.10. The van der Waals surface area contributed by atoms with Crippen LogP contribution in [0.2, 0.25) is 0 Å². The third-order valence-electron chi connectivity index (χ3n) is 15.4. The van der Waals surface area contributed by atoms with Gasteiger partial charge < -0.3 is 24.3 Å². The number of ether oxygens (including phenoxy) is 2. The number of unbranched alkanes of at least 4 members (excludes halogenated alkanes) is 2. The Morgan fingerprint density at radius 2 is 0.951 bits per heavy atom. The van der Waals surface area contributed by atoms with Crippen molar-refractivity contribution in [2.24, 2.45) is 5.73 Å². The monoisotopic (exact) mass is 1090 g/mol. The fourth-order valence-corrected chi connectivity index (χ4v) is 12.2. The number of hydrogen-bond donors (Lipinski definition) is 1. The highest BCUT2D eigenvalue weighted by Gasteiger charge is 2.24. The minimum absolute atomic E-state index is 0.0427. The predicted molar refractivity (Wildman–Crippen MR) is 343 cm³/mol. The molecule has 0 saturated heterocycles. The van der Waals surface area contributed by atoms with Crippen molar-refractivity contribution in [3.05, 3.63) is 208 Å². The molecule has 8 heteroatoms. The average molecular weight is 1090 g/mol. The molecule has 0 fully saturated rings. The first-order chi connectivity index (χ1) is 38.9. The summed E-state index contributed by atoms with van der Waals surface area (Å²) in [5, 5.41) is 4.44. The van der Waals surface area contributed by atoms with E-state index < -0.39 is 9.84 Å². The van der Waals surface area contributed by atoms with Crippen LogP contribution in [0.3, 0.4) is 0 Å². The zero-order valence-corrected chi connectivity index (χ0v) is 49.7. The minimum Gasteiger partial charge on any atom is -0.493 e. The van der Waals surface area contributed by atoms with Crippen LogP contribution in [0.4, 0.5) is 0 Å². The van der Waals surface area contributed by atoms with E-state index in [-0.39, 0.29) is 20.6 Å². The van der Waals surface area contributed by atoms with Crippen molar-refractivity contribution >= 4 is 83.8 Å². The van der Waals surface area contributed by atoms with Gasteiger partial charge in [0.15, 0.2) is 0 Å². The molecule has 2 aromatic heterocycles. The molecule has 0 aliphatic rings. The van der Waals surface area contributed by atoms with Crippen LogP contribution in [0.15, 0.2) is 168 Å². The summed E-state index contributed by atoms with van der Waals surface area (Å²) < 4.78 is 47.5. The van der Waals surface area contributed by atoms with Gasteiger partial charge in [-0.3, -0.25) is 0 Å². The second kappa shape index (κ2) is 23.3. The van der Waals surface area contributed by atoms with Gasteiger partial charge >= 0.3 is 0 Å². The van der Waals surface area contributed by atoms with E-state index >= 15 is 8.42 Å². The van der Waals surface area contributed by atoms with Gasteiger partial charge in [0.05, 0.1) is 45.1 Å². The van der Waals surface area contributed by atoms with E-state index in [1.807, 2.05) is 49.4 Å². The highest BCUT2D eigenvalue weighted by molar-refractivity contribution is 7.91. The molecule has 414 valence electrons. The molecule has 0 aliphatic heterocycles. The Labute approximate surface area is 480 Å². The number of allylic oxidation sites excluding steroid dienone is 1. The van der Waals surface area contributed by atoms with Crippen LogP contribution in [-0.4, -0.2) is 30.8 Å². The lowest BCUT2D eigenvalue weighted by molar-refractivity contribution is 0.300. The van der Waals surface area contributed by atoms with E-state index in [4.69, 9.17) is 15.2 Å². The molecule has 81 heavy (non-hydrogen) atoms. The number of aryl methyl sites for hydroxylation is 1. The van der Waals surface area contributed by atoms with Gasteiger partial charge in [-0.2, -0.15) is 0 Å². The van der Waals surface area contributed by atoms with Crippen molar-refractivity contribution in [2.75, 3.05) is 13.2 Å². The Morgan fingerprint density at radius 1 is 0.494 bits per heavy atom. The zero-order chi connectivity index (χ0) is 57.2. The predicted octanol–water partition coefficient (Wildman–Crippen LogP) is 18.8. The summed E-state index contributed by atoms with van der Waals surface area (Å²) >= 11 is 0. The molecule has 0 saturated carbocycles. The van der Waals surface area contributed by atoms with Crippen molar-refractivity contribution in [3.63, 3.8) is 0 Å². The van der Waals surface area contributed by atoms with Crippen LogP contribution in [0.1, 0.15) is 138 Å². The summed E-state index contributed by atoms with van der Waals surface area (Å²) in [4.78, 5) is 0.456. The molecule has 0 aliphatic carbocycles. The van der Waals surface area contributed by atoms with Gasteiger partial charge in [0.2, 0.25) is 9.84 Å². The summed E-state index contributed by atoms with van der Waals surface area (Å²) in [7, 11) is -3.99. The molecule has 0 unspecified atom stereocenters. The maximum atomic E-state index is 15.0. The van der Waals surface area contributed by atoms with Gasteiger partial charge in [-0.25, -0.2) is 8.42 Å². The third-order valence-corrected chi connectivity index (χ3v) is 17.2. The molecule has 10 rings (SSSR count). The fraction of sp³-hybridized carbons (Fsp3) is 0.260. The van der Waals surface area contributed by atoms with Crippen molar-refractivity contribution in [3.8, 4) is 22.9 Å². The van der Waals surface area contributed by atoms with Crippen LogP contribution in [0, 0.1) is 6.92 Å². The van der Waals surface area contributed by atoms with Gasteiger partial charge in [0, 0.05) is 50.6 Å². The molecular formula is C73H77N3O4S. The summed E-state index contributed by atoms with van der Waals surface area (Å²) in [5.41, 5.74) is 21.4. The van der Waals surface area contributed by atoms with Gasteiger partial charge in [0.25, 0.3) is 0 Å². The maximum absolute atomic E-state index is 15.0. The van der Waals surface area contributed by atoms with Crippen LogP contribution in [0.25, 0.3) is 85.4 Å². The largest absolute Gasteiger partial charge is 0.493 e. The normalized spacial score (nSPS) is 12.7. The Balaban J connectivity index is 1.01. The Bertz CT molecular complexity index is 4120. The second-order valence-corrected chi connectivity index (χ2v) is 25.6. The fourth-order valence-electron chi connectivity index (χ4n) is 10.9. The lowest BCUT2D eigenvalue weighted by atomic mass is 9.85. The van der Waals surface area contributed by atoms with Gasteiger partial charge in [-0.15, -0.1) is 0 Å². The molecule has 0 radical (unpaired) electrons. The second-order valence-electron chi connectivity index (χ2n) is 23.6.